The van der Waals surface area contributed by atoms with E-state index in [9.17, 15) is 4.79 Å². The van der Waals surface area contributed by atoms with Crippen LogP contribution < -0.4 is 5.32 Å². The Bertz CT molecular complexity index is 548. The smallest absolute Gasteiger partial charge is 0.257 e. The van der Waals surface area contributed by atoms with Crippen LogP contribution in [-0.2, 0) is 4.79 Å². The summed E-state index contributed by atoms with van der Waals surface area (Å²) in [5.74, 6) is -0.0452. The zero-order valence-electron chi connectivity index (χ0n) is 10.8. The minimum Gasteiger partial charge on any atom is -0.374 e. The van der Waals surface area contributed by atoms with Crippen molar-refractivity contribution in [1.29, 1.82) is 0 Å². The average molecular weight is 278 g/mol. The predicted molar refractivity (Wildman–Crippen MR) is 77.1 cm³/mol. The molecule has 0 saturated carbocycles. The molecule has 1 N–H and O–H groups in total. The van der Waals surface area contributed by atoms with E-state index in [2.05, 4.69) is 22.2 Å². The number of anilines is 1. The third-order valence-electron chi connectivity index (χ3n) is 3.61. The maximum absolute atomic E-state index is 12.0. The molecule has 1 saturated heterocycles. The van der Waals surface area contributed by atoms with E-state index in [1.54, 1.807) is 6.07 Å². The summed E-state index contributed by atoms with van der Waals surface area (Å²) in [6, 6.07) is 5.51. The van der Waals surface area contributed by atoms with Crippen molar-refractivity contribution in [2.24, 2.45) is 0 Å². The lowest BCUT2D eigenvalue weighted by atomic mass is 10.1. The number of carbonyl (C=O) groups is 1. The van der Waals surface area contributed by atoms with Crippen molar-refractivity contribution in [2.75, 3.05) is 38.5 Å². The number of fused-ring (bicyclic) bond motifs is 1. The number of carbonyl (C=O) groups excluding carboxylic acids is 1. The fraction of sp³-hybridized carbons (Fsp3) is 0.357. The zero-order chi connectivity index (χ0) is 13.4. The first kappa shape index (κ1) is 12.5. The fourth-order valence-corrected chi connectivity index (χ4v) is 2.60. The van der Waals surface area contributed by atoms with Crippen LogP contribution in [0.2, 0.25) is 5.02 Å². The molecule has 19 heavy (non-hydrogen) atoms. The second-order valence-electron chi connectivity index (χ2n) is 5.03. The molecule has 0 aliphatic carbocycles. The molecule has 2 heterocycles. The molecule has 1 fully saturated rings. The summed E-state index contributed by atoms with van der Waals surface area (Å²) in [5, 5.41) is 3.50. The minimum atomic E-state index is -0.0452. The van der Waals surface area contributed by atoms with Gasteiger partial charge in [-0.3, -0.25) is 4.79 Å². The van der Waals surface area contributed by atoms with Gasteiger partial charge >= 0.3 is 0 Å². The molecule has 100 valence electrons. The molecule has 0 radical (unpaired) electrons. The Morgan fingerprint density at radius 2 is 2.00 bits per heavy atom. The summed E-state index contributed by atoms with van der Waals surface area (Å²) in [6.45, 7) is 3.96. The maximum Gasteiger partial charge on any atom is 0.257 e. The number of nitrogens with zero attached hydrogens (tertiary/aromatic N) is 2. The largest absolute Gasteiger partial charge is 0.374 e. The number of hydrogen-bond donors (Lipinski definition) is 1. The van der Waals surface area contributed by atoms with Gasteiger partial charge in [-0.05, 0) is 19.2 Å². The van der Waals surface area contributed by atoms with Crippen molar-refractivity contribution in [3.05, 3.63) is 35.0 Å². The van der Waals surface area contributed by atoms with Gasteiger partial charge in [0.05, 0.1) is 11.3 Å². The first-order valence-electron chi connectivity index (χ1n) is 6.39. The van der Waals surface area contributed by atoms with Gasteiger partial charge in [-0.2, -0.15) is 0 Å². The van der Waals surface area contributed by atoms with Gasteiger partial charge in [0.2, 0.25) is 0 Å². The Labute approximate surface area is 117 Å². The van der Waals surface area contributed by atoms with E-state index in [0.717, 1.165) is 43.0 Å². The van der Waals surface area contributed by atoms with Gasteiger partial charge in [0.15, 0.2) is 0 Å². The summed E-state index contributed by atoms with van der Waals surface area (Å²) in [4.78, 5) is 16.5. The molecule has 1 amide bonds. The lowest BCUT2D eigenvalue weighted by Crippen LogP contribution is -2.42. The standard InChI is InChI=1S/C14H16ClN3O/c1-17-4-6-18(7-5-17)9-12-11-3-2-10(15)8-13(11)16-14(12)19/h2-3,8-9H,4-7H2,1H3,(H,16,19)/b12-9+. The molecule has 2 aliphatic rings. The van der Waals surface area contributed by atoms with Crippen LogP contribution in [0.1, 0.15) is 5.56 Å². The Kier molecular flexibility index (Phi) is 3.21. The van der Waals surface area contributed by atoms with E-state index in [0.29, 0.717) is 5.02 Å². The van der Waals surface area contributed by atoms with Crippen LogP contribution >= 0.6 is 11.6 Å². The number of hydrogen-bond acceptors (Lipinski definition) is 3. The van der Waals surface area contributed by atoms with Gasteiger partial charge in [0.1, 0.15) is 0 Å². The molecule has 0 aromatic heterocycles. The Hall–Kier alpha value is -1.52. The van der Waals surface area contributed by atoms with E-state index in [4.69, 9.17) is 11.6 Å². The minimum absolute atomic E-state index is 0.0452. The van der Waals surface area contributed by atoms with Crippen molar-refractivity contribution >= 4 is 28.8 Å². The van der Waals surface area contributed by atoms with Crippen LogP contribution in [0.25, 0.3) is 5.57 Å². The van der Waals surface area contributed by atoms with E-state index >= 15 is 0 Å². The predicted octanol–water partition coefficient (Wildman–Crippen LogP) is 1.88. The van der Waals surface area contributed by atoms with Crippen LogP contribution in [0.15, 0.2) is 24.4 Å². The lowest BCUT2D eigenvalue weighted by Gasteiger charge is -2.31. The molecule has 3 rings (SSSR count). The molecule has 5 heteroatoms. The normalized spacial score (nSPS) is 21.7. The van der Waals surface area contributed by atoms with E-state index < -0.39 is 0 Å². The highest BCUT2D eigenvalue weighted by molar-refractivity contribution is 6.34. The number of amides is 1. The van der Waals surface area contributed by atoms with Crippen LogP contribution in [0.3, 0.4) is 0 Å². The SMILES string of the molecule is CN1CCN(/C=C2/C(=O)Nc3cc(Cl)ccc32)CC1. The first-order chi connectivity index (χ1) is 9.13. The Morgan fingerprint density at radius 3 is 2.74 bits per heavy atom. The van der Waals surface area contributed by atoms with Gasteiger partial charge in [-0.15, -0.1) is 0 Å². The number of piperazine rings is 1. The molecule has 1 aromatic carbocycles. The quantitative estimate of drug-likeness (QED) is 0.796. The monoisotopic (exact) mass is 277 g/mol. The van der Waals surface area contributed by atoms with Crippen LogP contribution in [-0.4, -0.2) is 48.9 Å². The second kappa shape index (κ2) is 4.87. The first-order valence-corrected chi connectivity index (χ1v) is 6.77. The molecule has 0 atom stereocenters. The van der Waals surface area contributed by atoms with E-state index in [1.165, 1.54) is 0 Å². The van der Waals surface area contributed by atoms with Crippen molar-refractivity contribution in [2.45, 2.75) is 0 Å². The second-order valence-corrected chi connectivity index (χ2v) is 5.46. The molecular weight excluding hydrogens is 262 g/mol. The maximum atomic E-state index is 12.0. The highest BCUT2D eigenvalue weighted by Crippen LogP contribution is 2.33. The molecule has 0 unspecified atom stereocenters. The highest BCUT2D eigenvalue weighted by atomic mass is 35.5. The summed E-state index contributed by atoms with van der Waals surface area (Å²) >= 11 is 5.94. The van der Waals surface area contributed by atoms with Gasteiger partial charge in [-0.1, -0.05) is 17.7 Å². The molecule has 0 bridgehead atoms. The fourth-order valence-electron chi connectivity index (χ4n) is 2.43. The van der Waals surface area contributed by atoms with Gasteiger partial charge in [-0.25, -0.2) is 0 Å². The number of benzene rings is 1. The van der Waals surface area contributed by atoms with E-state index in [1.807, 2.05) is 18.3 Å². The Morgan fingerprint density at radius 1 is 1.26 bits per heavy atom. The summed E-state index contributed by atoms with van der Waals surface area (Å²) < 4.78 is 0. The van der Waals surface area contributed by atoms with Crippen molar-refractivity contribution < 1.29 is 4.79 Å². The number of halogens is 1. The molecule has 1 aromatic rings. The number of rotatable bonds is 1. The van der Waals surface area contributed by atoms with Gasteiger partial charge in [0.25, 0.3) is 5.91 Å². The van der Waals surface area contributed by atoms with E-state index in [-0.39, 0.29) is 5.91 Å². The van der Waals surface area contributed by atoms with Gasteiger partial charge in [0, 0.05) is 43.0 Å². The summed E-state index contributed by atoms with van der Waals surface area (Å²) in [7, 11) is 2.12. The topological polar surface area (TPSA) is 35.6 Å². The molecule has 0 spiro atoms. The average Bonchev–Trinajstić information content (AvgIpc) is 2.68. The number of nitrogens with one attached hydrogen (secondary N) is 1. The van der Waals surface area contributed by atoms with Gasteiger partial charge < -0.3 is 15.1 Å². The molecule has 2 aliphatic heterocycles. The Balaban J connectivity index is 1.87. The third kappa shape index (κ3) is 2.46. The zero-order valence-corrected chi connectivity index (χ0v) is 11.6. The lowest BCUT2D eigenvalue weighted by molar-refractivity contribution is -0.110. The van der Waals surface area contributed by atoms with Crippen molar-refractivity contribution in [1.82, 2.24) is 9.80 Å². The summed E-state index contributed by atoms with van der Waals surface area (Å²) in [6.07, 6.45) is 1.97. The van der Waals surface area contributed by atoms with Crippen molar-refractivity contribution in [3.8, 4) is 0 Å². The van der Waals surface area contributed by atoms with Crippen LogP contribution in [0.4, 0.5) is 5.69 Å². The third-order valence-corrected chi connectivity index (χ3v) is 3.85. The highest BCUT2D eigenvalue weighted by Gasteiger charge is 2.25. The van der Waals surface area contributed by atoms with Crippen LogP contribution in [0.5, 0.6) is 0 Å². The van der Waals surface area contributed by atoms with Crippen molar-refractivity contribution in [3.63, 3.8) is 0 Å². The van der Waals surface area contributed by atoms with Crippen LogP contribution in [0, 0.1) is 0 Å². The molecular formula is C14H16ClN3O. The summed E-state index contributed by atoms with van der Waals surface area (Å²) in [5.41, 5.74) is 2.47. The number of likely N-dealkylation sites (N-methyl/N-ethyl adjacent to an activating group) is 1. The molecule has 4 nitrogen and oxygen atoms in total.